The van der Waals surface area contributed by atoms with E-state index in [4.69, 9.17) is 14.5 Å². The number of likely N-dealkylation sites (tertiary alicyclic amines) is 1. The Morgan fingerprint density at radius 3 is 3.04 bits per heavy atom. The van der Waals surface area contributed by atoms with Crippen molar-refractivity contribution in [1.82, 2.24) is 15.4 Å². The number of carbonyl (C=O) groups excluding carboxylic acids is 1. The number of benzene rings is 1. The highest BCUT2D eigenvalue weighted by molar-refractivity contribution is 5.92. The standard InChI is InChI=1S/C18H18N4O3/c1-24-14-4-2-12(3-5-14)15-6-16(25-21-15)17(23)22-8-13-7-18(13,10-22)9-20-11-19/h2-6,13,20H,7-10H2,1H3. The molecule has 25 heavy (non-hydrogen) atoms. The predicted molar refractivity (Wildman–Crippen MR) is 88.6 cm³/mol. The van der Waals surface area contributed by atoms with Crippen LogP contribution in [0.5, 0.6) is 5.75 Å². The van der Waals surface area contributed by atoms with E-state index < -0.39 is 0 Å². The number of amides is 1. The Morgan fingerprint density at radius 1 is 1.52 bits per heavy atom. The van der Waals surface area contributed by atoms with Crippen LogP contribution in [0, 0.1) is 22.8 Å². The number of rotatable bonds is 5. The van der Waals surface area contributed by atoms with Gasteiger partial charge in [-0.3, -0.25) is 4.79 Å². The average molecular weight is 338 g/mol. The maximum Gasteiger partial charge on any atom is 0.292 e. The molecule has 1 N–H and O–H groups in total. The Bertz CT molecular complexity index is 839. The molecule has 1 aliphatic carbocycles. The van der Waals surface area contributed by atoms with Gasteiger partial charge in [-0.25, -0.2) is 0 Å². The summed E-state index contributed by atoms with van der Waals surface area (Å²) in [5.74, 6) is 1.34. The molecule has 2 atom stereocenters. The first-order valence-electron chi connectivity index (χ1n) is 8.17. The smallest absolute Gasteiger partial charge is 0.292 e. The number of hydrogen-bond acceptors (Lipinski definition) is 6. The van der Waals surface area contributed by atoms with Gasteiger partial charge in [0.15, 0.2) is 6.19 Å². The second kappa shape index (κ2) is 5.81. The molecule has 0 spiro atoms. The lowest BCUT2D eigenvalue weighted by molar-refractivity contribution is 0.0723. The Balaban J connectivity index is 1.45. The Hall–Kier alpha value is -3.01. The molecule has 128 valence electrons. The third-order valence-corrected chi connectivity index (χ3v) is 5.22. The van der Waals surface area contributed by atoms with Gasteiger partial charge in [0.1, 0.15) is 11.4 Å². The van der Waals surface area contributed by atoms with E-state index in [9.17, 15) is 4.79 Å². The van der Waals surface area contributed by atoms with Crippen LogP contribution in [0.2, 0.25) is 0 Å². The number of nitrogens with one attached hydrogen (secondary N) is 1. The molecule has 1 saturated carbocycles. The van der Waals surface area contributed by atoms with E-state index in [0.29, 0.717) is 31.2 Å². The van der Waals surface area contributed by atoms with Crippen LogP contribution in [0.25, 0.3) is 11.3 Å². The van der Waals surface area contributed by atoms with Crippen molar-refractivity contribution in [2.75, 3.05) is 26.7 Å². The van der Waals surface area contributed by atoms with Crippen LogP contribution < -0.4 is 10.1 Å². The molecule has 7 nitrogen and oxygen atoms in total. The van der Waals surface area contributed by atoms with E-state index in [1.807, 2.05) is 30.5 Å². The van der Waals surface area contributed by atoms with Gasteiger partial charge in [-0.05, 0) is 36.6 Å². The van der Waals surface area contributed by atoms with Crippen molar-refractivity contribution in [2.45, 2.75) is 6.42 Å². The molecule has 2 heterocycles. The van der Waals surface area contributed by atoms with Gasteiger partial charge in [0.25, 0.3) is 5.91 Å². The Labute approximate surface area is 145 Å². The Morgan fingerprint density at radius 2 is 2.32 bits per heavy atom. The molecule has 7 heteroatoms. The van der Waals surface area contributed by atoms with Crippen molar-refractivity contribution >= 4 is 5.91 Å². The van der Waals surface area contributed by atoms with Gasteiger partial charge in [0, 0.05) is 36.7 Å². The maximum atomic E-state index is 12.7. The number of ether oxygens (including phenoxy) is 1. The van der Waals surface area contributed by atoms with Gasteiger partial charge < -0.3 is 19.5 Å². The zero-order chi connectivity index (χ0) is 17.4. The summed E-state index contributed by atoms with van der Waals surface area (Å²) in [5.41, 5.74) is 1.54. The molecular formula is C18H18N4O3. The molecule has 1 aromatic carbocycles. The van der Waals surface area contributed by atoms with Crippen molar-refractivity contribution < 1.29 is 14.1 Å². The number of carbonyl (C=O) groups is 1. The van der Waals surface area contributed by atoms with Crippen LogP contribution in [-0.4, -0.2) is 42.7 Å². The second-order valence-electron chi connectivity index (χ2n) is 6.72. The van der Waals surface area contributed by atoms with E-state index in [2.05, 4.69) is 10.5 Å². The highest BCUT2D eigenvalue weighted by Crippen LogP contribution is 2.57. The fourth-order valence-electron chi connectivity index (χ4n) is 3.67. The Kier molecular flexibility index (Phi) is 3.61. The minimum atomic E-state index is -0.143. The van der Waals surface area contributed by atoms with Gasteiger partial charge in [-0.1, -0.05) is 5.16 Å². The van der Waals surface area contributed by atoms with Crippen LogP contribution in [0.3, 0.4) is 0 Å². The first-order valence-corrected chi connectivity index (χ1v) is 8.17. The number of aromatic nitrogens is 1. The summed E-state index contributed by atoms with van der Waals surface area (Å²) in [6.45, 7) is 2.00. The number of piperidine rings is 1. The number of hydrogen-bond donors (Lipinski definition) is 1. The summed E-state index contributed by atoms with van der Waals surface area (Å²) in [7, 11) is 1.61. The summed E-state index contributed by atoms with van der Waals surface area (Å²) >= 11 is 0. The van der Waals surface area contributed by atoms with Gasteiger partial charge in [0.05, 0.1) is 7.11 Å². The third kappa shape index (κ3) is 2.70. The summed E-state index contributed by atoms with van der Waals surface area (Å²) in [4.78, 5) is 14.5. The van der Waals surface area contributed by atoms with Crippen molar-refractivity contribution in [3.63, 3.8) is 0 Å². The van der Waals surface area contributed by atoms with Crippen LogP contribution in [0.15, 0.2) is 34.9 Å². The van der Waals surface area contributed by atoms with Crippen LogP contribution in [0.1, 0.15) is 17.0 Å². The van der Waals surface area contributed by atoms with E-state index >= 15 is 0 Å². The first kappa shape index (κ1) is 15.5. The molecule has 2 aliphatic rings. The number of nitrogens with zero attached hydrogens (tertiary/aromatic N) is 3. The van der Waals surface area contributed by atoms with Gasteiger partial charge >= 0.3 is 0 Å². The van der Waals surface area contributed by atoms with E-state index in [1.165, 1.54) is 0 Å². The molecule has 1 aromatic heterocycles. The van der Waals surface area contributed by atoms with Crippen LogP contribution in [0.4, 0.5) is 0 Å². The lowest BCUT2D eigenvalue weighted by Crippen LogP contribution is -2.34. The lowest BCUT2D eigenvalue weighted by atomic mass is 10.1. The first-order chi connectivity index (χ1) is 12.1. The molecule has 2 unspecified atom stereocenters. The monoisotopic (exact) mass is 338 g/mol. The number of methoxy groups -OCH3 is 1. The number of fused-ring (bicyclic) bond motifs is 1. The average Bonchev–Trinajstić information content (AvgIpc) is 3.02. The SMILES string of the molecule is COc1ccc(-c2cc(C(=O)N3CC4CC4(CNC#N)C3)on2)cc1. The maximum absolute atomic E-state index is 12.7. The molecule has 1 amide bonds. The molecule has 1 saturated heterocycles. The zero-order valence-electron chi connectivity index (χ0n) is 13.9. The second-order valence-corrected chi connectivity index (χ2v) is 6.72. The zero-order valence-corrected chi connectivity index (χ0v) is 13.9. The molecule has 1 aliphatic heterocycles. The van der Waals surface area contributed by atoms with Gasteiger partial charge in [-0.15, -0.1) is 0 Å². The summed E-state index contributed by atoms with van der Waals surface area (Å²) in [6.07, 6.45) is 3.03. The molecule has 2 fully saturated rings. The minimum Gasteiger partial charge on any atom is -0.497 e. The van der Waals surface area contributed by atoms with E-state index in [0.717, 1.165) is 17.7 Å². The van der Waals surface area contributed by atoms with Gasteiger partial charge in [-0.2, -0.15) is 5.26 Å². The molecule has 0 bridgehead atoms. The molecule has 0 radical (unpaired) electrons. The van der Waals surface area contributed by atoms with Crippen molar-refractivity contribution in [2.24, 2.45) is 11.3 Å². The summed E-state index contributed by atoms with van der Waals surface area (Å²) in [5, 5.41) is 15.4. The van der Waals surface area contributed by atoms with Crippen molar-refractivity contribution in [3.8, 4) is 23.2 Å². The quantitative estimate of drug-likeness (QED) is 0.661. The highest BCUT2D eigenvalue weighted by Gasteiger charge is 2.60. The predicted octanol–water partition coefficient (Wildman–Crippen LogP) is 1.88. The van der Waals surface area contributed by atoms with E-state index in [1.54, 1.807) is 18.1 Å². The van der Waals surface area contributed by atoms with Crippen LogP contribution >= 0.6 is 0 Å². The normalized spacial score (nSPS) is 23.7. The molecule has 2 aromatic rings. The highest BCUT2D eigenvalue weighted by atomic mass is 16.5. The van der Waals surface area contributed by atoms with E-state index in [-0.39, 0.29) is 17.1 Å². The fraction of sp³-hybridized carbons (Fsp3) is 0.389. The van der Waals surface area contributed by atoms with Crippen LogP contribution in [-0.2, 0) is 0 Å². The summed E-state index contributed by atoms with van der Waals surface area (Å²) in [6, 6.07) is 9.10. The molecular weight excluding hydrogens is 320 g/mol. The minimum absolute atomic E-state index is 0.0597. The summed E-state index contributed by atoms with van der Waals surface area (Å²) < 4.78 is 10.4. The largest absolute Gasteiger partial charge is 0.497 e. The van der Waals surface area contributed by atoms with Crippen molar-refractivity contribution in [1.29, 1.82) is 5.26 Å². The third-order valence-electron chi connectivity index (χ3n) is 5.22. The lowest BCUT2D eigenvalue weighted by Gasteiger charge is -2.19. The topological polar surface area (TPSA) is 91.4 Å². The van der Waals surface area contributed by atoms with Crippen molar-refractivity contribution in [3.05, 3.63) is 36.1 Å². The molecule has 4 rings (SSSR count). The van der Waals surface area contributed by atoms with Gasteiger partial charge in [0.2, 0.25) is 5.76 Å². The fourth-order valence-corrected chi connectivity index (χ4v) is 3.67. The number of nitriles is 1.